The van der Waals surface area contributed by atoms with E-state index < -0.39 is 0 Å². The summed E-state index contributed by atoms with van der Waals surface area (Å²) in [4.78, 5) is 20.1. The van der Waals surface area contributed by atoms with Crippen molar-refractivity contribution in [1.29, 1.82) is 0 Å². The first-order valence-corrected chi connectivity index (χ1v) is 6.98. The molecular formula is C17H15N5O. The fraction of sp³-hybridized carbons (Fsp3) is 0. The molecule has 3 rings (SSSR count). The molecule has 23 heavy (non-hydrogen) atoms. The van der Waals surface area contributed by atoms with E-state index in [-0.39, 0.29) is 23.2 Å². The van der Waals surface area contributed by atoms with Crippen molar-refractivity contribution < 1.29 is 4.79 Å². The Morgan fingerprint density at radius 2 is 1.52 bits per heavy atom. The van der Waals surface area contributed by atoms with Crippen LogP contribution in [0, 0.1) is 0 Å². The molecule has 2 aromatic carbocycles. The zero-order valence-electron chi connectivity index (χ0n) is 12.2. The summed E-state index contributed by atoms with van der Waals surface area (Å²) in [6.07, 6.45) is 1.25. The summed E-state index contributed by atoms with van der Waals surface area (Å²) in [5.74, 6) is -0.0638. The first kappa shape index (κ1) is 14.5. The highest BCUT2D eigenvalue weighted by Crippen LogP contribution is 2.23. The van der Waals surface area contributed by atoms with Crippen LogP contribution >= 0.6 is 0 Å². The summed E-state index contributed by atoms with van der Waals surface area (Å²) in [6.45, 7) is 0. The molecule has 1 heterocycles. The topological polar surface area (TPSA) is 107 Å². The Labute approximate surface area is 133 Å². The number of anilines is 3. The molecule has 5 N–H and O–H groups in total. The summed E-state index contributed by atoms with van der Waals surface area (Å²) < 4.78 is 0. The molecule has 6 heteroatoms. The second-order valence-electron chi connectivity index (χ2n) is 4.92. The van der Waals surface area contributed by atoms with Crippen LogP contribution in [0.4, 0.5) is 17.3 Å². The molecule has 0 spiro atoms. The predicted molar refractivity (Wildman–Crippen MR) is 90.7 cm³/mol. The molecule has 0 aliphatic carbocycles. The smallest absolute Gasteiger partial charge is 0.255 e. The number of hydrogen-bond acceptors (Lipinski definition) is 5. The van der Waals surface area contributed by atoms with E-state index in [0.29, 0.717) is 5.56 Å². The van der Waals surface area contributed by atoms with Crippen molar-refractivity contribution in [3.8, 4) is 11.1 Å². The van der Waals surface area contributed by atoms with Gasteiger partial charge in [0.05, 0.1) is 0 Å². The minimum atomic E-state index is -0.323. The number of nitrogens with one attached hydrogen (secondary N) is 1. The van der Waals surface area contributed by atoms with E-state index in [9.17, 15) is 4.79 Å². The van der Waals surface area contributed by atoms with Gasteiger partial charge in [-0.25, -0.2) is 9.97 Å². The van der Waals surface area contributed by atoms with E-state index in [1.807, 2.05) is 42.5 Å². The van der Waals surface area contributed by atoms with Crippen LogP contribution in [0.3, 0.4) is 0 Å². The molecule has 0 saturated carbocycles. The minimum absolute atomic E-state index is 0.130. The summed E-state index contributed by atoms with van der Waals surface area (Å²) in [7, 11) is 0. The van der Waals surface area contributed by atoms with E-state index in [4.69, 9.17) is 11.5 Å². The van der Waals surface area contributed by atoms with Crippen LogP contribution in [-0.2, 0) is 0 Å². The molecule has 0 aliphatic heterocycles. The fourth-order valence-corrected chi connectivity index (χ4v) is 2.20. The van der Waals surface area contributed by atoms with Crippen LogP contribution in [0.2, 0.25) is 0 Å². The number of amides is 1. The number of nitrogens with zero attached hydrogens (tertiary/aromatic N) is 2. The fourth-order valence-electron chi connectivity index (χ4n) is 2.20. The van der Waals surface area contributed by atoms with E-state index in [1.54, 1.807) is 12.1 Å². The second kappa shape index (κ2) is 6.15. The van der Waals surface area contributed by atoms with Gasteiger partial charge in [0.1, 0.15) is 12.0 Å². The molecule has 0 fully saturated rings. The molecule has 0 saturated heterocycles. The third kappa shape index (κ3) is 3.11. The van der Waals surface area contributed by atoms with Gasteiger partial charge in [-0.3, -0.25) is 4.79 Å². The van der Waals surface area contributed by atoms with Crippen LogP contribution < -0.4 is 16.8 Å². The minimum Gasteiger partial charge on any atom is -0.382 e. The molecule has 0 bridgehead atoms. The van der Waals surface area contributed by atoms with E-state index in [2.05, 4.69) is 15.3 Å². The van der Waals surface area contributed by atoms with Crippen LogP contribution in [0.5, 0.6) is 0 Å². The van der Waals surface area contributed by atoms with E-state index in [1.165, 1.54) is 6.33 Å². The standard InChI is InChI=1S/C17H15N5O/c18-15-14(16(19)21-10-20-15)22-17(23)13-8-4-7-12(9-13)11-5-2-1-3-6-11/h1-10H,(H,22,23)(H4,18,19,20,21). The highest BCUT2D eigenvalue weighted by Gasteiger charge is 2.12. The van der Waals surface area contributed by atoms with Gasteiger partial charge in [-0.2, -0.15) is 0 Å². The zero-order chi connectivity index (χ0) is 16.2. The second-order valence-corrected chi connectivity index (χ2v) is 4.92. The third-order valence-electron chi connectivity index (χ3n) is 3.38. The molecular weight excluding hydrogens is 290 g/mol. The summed E-state index contributed by atoms with van der Waals surface area (Å²) in [5, 5.41) is 2.66. The monoisotopic (exact) mass is 305 g/mol. The average Bonchev–Trinajstić information content (AvgIpc) is 2.59. The molecule has 6 nitrogen and oxygen atoms in total. The number of hydrogen-bond donors (Lipinski definition) is 3. The first-order valence-electron chi connectivity index (χ1n) is 6.98. The Bertz CT molecular complexity index is 828. The lowest BCUT2D eigenvalue weighted by Crippen LogP contribution is -2.16. The number of carbonyl (C=O) groups is 1. The lowest BCUT2D eigenvalue weighted by Gasteiger charge is -2.10. The van der Waals surface area contributed by atoms with Crippen LogP contribution in [0.1, 0.15) is 10.4 Å². The molecule has 114 valence electrons. The van der Waals surface area contributed by atoms with Gasteiger partial charge in [-0.05, 0) is 23.3 Å². The highest BCUT2D eigenvalue weighted by atomic mass is 16.1. The van der Waals surface area contributed by atoms with Crippen molar-refractivity contribution in [3.63, 3.8) is 0 Å². The number of aromatic nitrogens is 2. The van der Waals surface area contributed by atoms with Crippen LogP contribution in [-0.4, -0.2) is 15.9 Å². The zero-order valence-corrected chi connectivity index (χ0v) is 12.2. The number of carbonyl (C=O) groups excluding carboxylic acids is 1. The van der Waals surface area contributed by atoms with Crippen molar-refractivity contribution in [2.45, 2.75) is 0 Å². The molecule has 1 amide bonds. The van der Waals surface area contributed by atoms with Gasteiger partial charge >= 0.3 is 0 Å². The molecule has 0 aliphatic rings. The Kier molecular flexibility index (Phi) is 3.88. The van der Waals surface area contributed by atoms with Crippen molar-refractivity contribution in [2.75, 3.05) is 16.8 Å². The summed E-state index contributed by atoms with van der Waals surface area (Å²) >= 11 is 0. The molecule has 0 atom stereocenters. The van der Waals surface area contributed by atoms with Gasteiger partial charge < -0.3 is 16.8 Å². The molecule has 0 unspecified atom stereocenters. The molecule has 3 aromatic rings. The Morgan fingerprint density at radius 1 is 0.870 bits per heavy atom. The van der Waals surface area contributed by atoms with Gasteiger partial charge in [-0.1, -0.05) is 42.5 Å². The maximum absolute atomic E-state index is 12.4. The van der Waals surface area contributed by atoms with Gasteiger partial charge in [0.2, 0.25) is 0 Å². The lowest BCUT2D eigenvalue weighted by molar-refractivity contribution is 0.102. The maximum Gasteiger partial charge on any atom is 0.255 e. The number of nitrogens with two attached hydrogens (primary N) is 2. The van der Waals surface area contributed by atoms with E-state index >= 15 is 0 Å². The largest absolute Gasteiger partial charge is 0.382 e. The number of nitrogen functional groups attached to an aromatic ring is 2. The summed E-state index contributed by atoms with van der Waals surface area (Å²) in [6, 6.07) is 17.1. The number of rotatable bonds is 3. The van der Waals surface area contributed by atoms with Gasteiger partial charge in [0.15, 0.2) is 11.6 Å². The number of benzene rings is 2. The SMILES string of the molecule is Nc1ncnc(N)c1NC(=O)c1cccc(-c2ccccc2)c1. The summed E-state index contributed by atoms with van der Waals surface area (Å²) in [5.41, 5.74) is 14.1. The van der Waals surface area contributed by atoms with E-state index in [0.717, 1.165) is 11.1 Å². The maximum atomic E-state index is 12.4. The Morgan fingerprint density at radius 3 is 2.22 bits per heavy atom. The van der Waals surface area contributed by atoms with Crippen LogP contribution in [0.15, 0.2) is 60.9 Å². The Hall–Kier alpha value is -3.41. The van der Waals surface area contributed by atoms with Gasteiger partial charge in [0.25, 0.3) is 5.91 Å². The normalized spacial score (nSPS) is 10.3. The highest BCUT2D eigenvalue weighted by molar-refractivity contribution is 6.07. The van der Waals surface area contributed by atoms with Crippen molar-refractivity contribution in [1.82, 2.24) is 9.97 Å². The lowest BCUT2D eigenvalue weighted by atomic mass is 10.0. The predicted octanol–water partition coefficient (Wildman–Crippen LogP) is 2.56. The molecule has 0 radical (unpaired) electrons. The van der Waals surface area contributed by atoms with Gasteiger partial charge in [-0.15, -0.1) is 0 Å². The van der Waals surface area contributed by atoms with Crippen molar-refractivity contribution in [2.24, 2.45) is 0 Å². The van der Waals surface area contributed by atoms with Gasteiger partial charge in [0, 0.05) is 5.56 Å². The third-order valence-corrected chi connectivity index (χ3v) is 3.38. The quantitative estimate of drug-likeness (QED) is 0.689. The first-order chi connectivity index (χ1) is 11.1. The van der Waals surface area contributed by atoms with Crippen LogP contribution in [0.25, 0.3) is 11.1 Å². The Balaban J connectivity index is 1.89. The van der Waals surface area contributed by atoms with Crippen molar-refractivity contribution in [3.05, 3.63) is 66.5 Å². The molecule has 1 aromatic heterocycles. The average molecular weight is 305 g/mol. The van der Waals surface area contributed by atoms with Crippen molar-refractivity contribution >= 4 is 23.2 Å².